The molecule has 0 aliphatic rings. The number of hydrogen-bond acceptors (Lipinski definition) is 3. The van der Waals surface area contributed by atoms with E-state index in [4.69, 9.17) is 5.11 Å². The number of thiophene rings is 1. The quantitative estimate of drug-likeness (QED) is 0.750. The van der Waals surface area contributed by atoms with Gasteiger partial charge in [0.25, 0.3) is 0 Å². The van der Waals surface area contributed by atoms with E-state index in [2.05, 4.69) is 10.6 Å². The standard InChI is InChI=1S/C11H16N2O3S/c1-7(5-10(14)15)13-11(16)12-6-9-4-3-8(2)17-9/h3-4,7H,5-6H2,1-2H3,(H,14,15)(H2,12,13,16). The van der Waals surface area contributed by atoms with Gasteiger partial charge >= 0.3 is 12.0 Å². The number of carbonyl (C=O) groups excluding carboxylic acids is 1. The number of nitrogens with one attached hydrogen (secondary N) is 2. The van der Waals surface area contributed by atoms with Gasteiger partial charge in [0.2, 0.25) is 0 Å². The first-order valence-electron chi connectivity index (χ1n) is 5.29. The van der Waals surface area contributed by atoms with Crippen LogP contribution in [0.2, 0.25) is 0 Å². The minimum absolute atomic E-state index is 0.0778. The molecule has 0 saturated carbocycles. The van der Waals surface area contributed by atoms with Crippen molar-refractivity contribution >= 4 is 23.3 Å². The highest BCUT2D eigenvalue weighted by Gasteiger charge is 2.10. The third kappa shape index (κ3) is 5.35. The number of rotatable bonds is 5. The highest BCUT2D eigenvalue weighted by molar-refractivity contribution is 7.11. The van der Waals surface area contributed by atoms with Crippen LogP contribution in [0.3, 0.4) is 0 Å². The molecule has 0 bridgehead atoms. The Bertz CT molecular complexity index is 403. The second-order valence-corrected chi connectivity index (χ2v) is 5.21. The van der Waals surface area contributed by atoms with Crippen molar-refractivity contribution in [2.75, 3.05) is 0 Å². The van der Waals surface area contributed by atoms with Crippen LogP contribution in [0.5, 0.6) is 0 Å². The van der Waals surface area contributed by atoms with Gasteiger partial charge in [0.05, 0.1) is 13.0 Å². The van der Waals surface area contributed by atoms with Gasteiger partial charge in [-0.3, -0.25) is 4.79 Å². The van der Waals surface area contributed by atoms with Gasteiger partial charge in [-0.15, -0.1) is 11.3 Å². The van der Waals surface area contributed by atoms with Crippen molar-refractivity contribution in [1.82, 2.24) is 10.6 Å². The van der Waals surface area contributed by atoms with Crippen LogP contribution < -0.4 is 10.6 Å². The molecule has 0 saturated heterocycles. The van der Waals surface area contributed by atoms with Gasteiger partial charge in [0.15, 0.2) is 0 Å². The largest absolute Gasteiger partial charge is 0.481 e. The molecule has 2 amide bonds. The Kier molecular flexibility index (Phi) is 4.96. The Hall–Kier alpha value is -1.56. The lowest BCUT2D eigenvalue weighted by atomic mass is 10.2. The summed E-state index contributed by atoms with van der Waals surface area (Å²) < 4.78 is 0. The lowest BCUT2D eigenvalue weighted by Gasteiger charge is -2.12. The van der Waals surface area contributed by atoms with Gasteiger partial charge in [0, 0.05) is 15.8 Å². The lowest BCUT2D eigenvalue weighted by Crippen LogP contribution is -2.41. The summed E-state index contributed by atoms with van der Waals surface area (Å²) in [7, 11) is 0. The summed E-state index contributed by atoms with van der Waals surface area (Å²) in [6.07, 6.45) is -0.0778. The van der Waals surface area contributed by atoms with E-state index < -0.39 is 5.97 Å². The van der Waals surface area contributed by atoms with Crippen LogP contribution in [0.15, 0.2) is 12.1 Å². The Balaban J connectivity index is 2.28. The van der Waals surface area contributed by atoms with Crippen LogP contribution in [-0.4, -0.2) is 23.1 Å². The molecule has 0 fully saturated rings. The van der Waals surface area contributed by atoms with Crippen molar-refractivity contribution in [1.29, 1.82) is 0 Å². The van der Waals surface area contributed by atoms with Crippen molar-refractivity contribution in [3.05, 3.63) is 21.9 Å². The molecule has 0 radical (unpaired) electrons. The molecule has 0 aliphatic heterocycles. The van der Waals surface area contributed by atoms with E-state index in [0.29, 0.717) is 6.54 Å². The summed E-state index contributed by atoms with van der Waals surface area (Å²) >= 11 is 1.62. The minimum atomic E-state index is -0.924. The summed E-state index contributed by atoms with van der Waals surface area (Å²) in [5, 5.41) is 13.8. The number of carboxylic acids is 1. The Morgan fingerprint density at radius 1 is 1.47 bits per heavy atom. The maximum absolute atomic E-state index is 11.4. The Morgan fingerprint density at radius 2 is 2.18 bits per heavy atom. The van der Waals surface area contributed by atoms with Crippen molar-refractivity contribution in [2.24, 2.45) is 0 Å². The summed E-state index contributed by atoms with van der Waals surface area (Å²) in [5.74, 6) is -0.924. The summed E-state index contributed by atoms with van der Waals surface area (Å²) in [6.45, 7) is 4.12. The molecule has 1 heterocycles. The smallest absolute Gasteiger partial charge is 0.315 e. The van der Waals surface area contributed by atoms with Gasteiger partial charge in [-0.25, -0.2) is 4.79 Å². The highest BCUT2D eigenvalue weighted by atomic mass is 32.1. The average Bonchev–Trinajstić information content (AvgIpc) is 2.59. The van der Waals surface area contributed by atoms with Gasteiger partial charge < -0.3 is 15.7 Å². The number of amides is 2. The van der Waals surface area contributed by atoms with Crippen LogP contribution in [0.25, 0.3) is 0 Å². The van der Waals surface area contributed by atoms with E-state index in [-0.39, 0.29) is 18.5 Å². The van der Waals surface area contributed by atoms with Crippen LogP contribution >= 0.6 is 11.3 Å². The highest BCUT2D eigenvalue weighted by Crippen LogP contribution is 2.14. The van der Waals surface area contributed by atoms with Crippen molar-refractivity contribution in [2.45, 2.75) is 32.9 Å². The van der Waals surface area contributed by atoms with Crippen LogP contribution in [0.1, 0.15) is 23.1 Å². The van der Waals surface area contributed by atoms with E-state index >= 15 is 0 Å². The maximum Gasteiger partial charge on any atom is 0.315 e. The summed E-state index contributed by atoms with van der Waals surface area (Å²) in [5.41, 5.74) is 0. The fraction of sp³-hybridized carbons (Fsp3) is 0.455. The van der Waals surface area contributed by atoms with Gasteiger partial charge in [-0.2, -0.15) is 0 Å². The molecule has 1 rings (SSSR count). The zero-order valence-electron chi connectivity index (χ0n) is 9.82. The van der Waals surface area contributed by atoms with Crippen LogP contribution in [0.4, 0.5) is 4.79 Å². The second-order valence-electron chi connectivity index (χ2n) is 3.84. The van der Waals surface area contributed by atoms with Crippen molar-refractivity contribution in [3.8, 4) is 0 Å². The molecule has 1 aromatic heterocycles. The second kappa shape index (κ2) is 6.24. The molecule has 1 unspecified atom stereocenters. The van der Waals surface area contributed by atoms with Gasteiger partial charge in [0.1, 0.15) is 0 Å². The van der Waals surface area contributed by atoms with E-state index in [1.165, 1.54) is 4.88 Å². The van der Waals surface area contributed by atoms with Crippen LogP contribution in [-0.2, 0) is 11.3 Å². The Labute approximate surface area is 104 Å². The number of urea groups is 1. The molecule has 0 aliphatic carbocycles. The Morgan fingerprint density at radius 3 is 2.71 bits per heavy atom. The number of carboxylic acid groups (broad SMARTS) is 1. The molecule has 0 aromatic carbocycles. The fourth-order valence-electron chi connectivity index (χ4n) is 1.34. The minimum Gasteiger partial charge on any atom is -0.481 e. The predicted molar refractivity (Wildman–Crippen MR) is 66.1 cm³/mol. The molecule has 0 spiro atoms. The normalized spacial score (nSPS) is 11.9. The van der Waals surface area contributed by atoms with E-state index in [9.17, 15) is 9.59 Å². The first kappa shape index (κ1) is 13.5. The molecular weight excluding hydrogens is 240 g/mol. The first-order chi connectivity index (χ1) is 7.97. The fourth-order valence-corrected chi connectivity index (χ4v) is 2.17. The average molecular weight is 256 g/mol. The summed E-state index contributed by atoms with van der Waals surface area (Å²) in [6, 6.07) is 3.23. The number of carbonyl (C=O) groups is 2. The molecular formula is C11H16N2O3S. The van der Waals surface area contributed by atoms with Gasteiger partial charge in [-0.05, 0) is 26.0 Å². The van der Waals surface area contributed by atoms with Gasteiger partial charge in [-0.1, -0.05) is 0 Å². The maximum atomic E-state index is 11.4. The zero-order valence-corrected chi connectivity index (χ0v) is 10.6. The van der Waals surface area contributed by atoms with Crippen LogP contribution in [0, 0.1) is 6.92 Å². The number of hydrogen-bond donors (Lipinski definition) is 3. The van der Waals surface area contributed by atoms with Crippen molar-refractivity contribution < 1.29 is 14.7 Å². The molecule has 1 atom stereocenters. The molecule has 6 heteroatoms. The molecule has 94 valence electrons. The lowest BCUT2D eigenvalue weighted by molar-refractivity contribution is -0.137. The predicted octanol–water partition coefficient (Wildman–Crippen LogP) is 1.72. The SMILES string of the molecule is Cc1ccc(CNC(=O)NC(C)CC(=O)O)s1. The van der Waals surface area contributed by atoms with E-state index in [1.54, 1.807) is 18.3 Å². The molecule has 5 nitrogen and oxygen atoms in total. The molecule has 17 heavy (non-hydrogen) atoms. The monoisotopic (exact) mass is 256 g/mol. The molecule has 1 aromatic rings. The molecule has 3 N–H and O–H groups in total. The van der Waals surface area contributed by atoms with E-state index in [0.717, 1.165) is 4.88 Å². The first-order valence-corrected chi connectivity index (χ1v) is 6.10. The number of aryl methyl sites for hydroxylation is 1. The number of aliphatic carboxylic acids is 1. The topological polar surface area (TPSA) is 78.4 Å². The third-order valence-electron chi connectivity index (χ3n) is 2.08. The van der Waals surface area contributed by atoms with E-state index in [1.807, 2.05) is 19.1 Å². The zero-order chi connectivity index (χ0) is 12.8. The third-order valence-corrected chi connectivity index (χ3v) is 3.08. The van der Waals surface area contributed by atoms with Crippen molar-refractivity contribution in [3.63, 3.8) is 0 Å². The summed E-state index contributed by atoms with van der Waals surface area (Å²) in [4.78, 5) is 24.1.